The molecule has 2 aliphatic rings. The van der Waals surface area contributed by atoms with E-state index in [4.69, 9.17) is 14.2 Å². The Hall–Kier alpha value is -1.88. The number of ether oxygens (including phenoxy) is 3. The van der Waals surface area contributed by atoms with Crippen LogP contribution in [0.5, 0.6) is 0 Å². The van der Waals surface area contributed by atoms with Crippen molar-refractivity contribution in [2.24, 2.45) is 5.92 Å². The second kappa shape index (κ2) is 8.48. The van der Waals surface area contributed by atoms with Crippen molar-refractivity contribution in [1.82, 2.24) is 0 Å². The van der Waals surface area contributed by atoms with E-state index >= 15 is 0 Å². The number of esters is 2. The second-order valence-electron chi connectivity index (χ2n) is 6.92. The van der Waals surface area contributed by atoms with Gasteiger partial charge in [-0.1, -0.05) is 43.2 Å². The van der Waals surface area contributed by atoms with E-state index in [9.17, 15) is 9.59 Å². The lowest BCUT2D eigenvalue weighted by Crippen LogP contribution is -2.43. The van der Waals surface area contributed by atoms with Gasteiger partial charge in [-0.3, -0.25) is 9.59 Å². The summed E-state index contributed by atoms with van der Waals surface area (Å²) in [6.45, 7) is 1.87. The van der Waals surface area contributed by atoms with E-state index in [1.807, 2.05) is 37.3 Å². The number of rotatable bonds is 4. The summed E-state index contributed by atoms with van der Waals surface area (Å²) < 4.78 is 17.1. The van der Waals surface area contributed by atoms with E-state index in [1.54, 1.807) is 0 Å². The Balaban J connectivity index is 1.84. The maximum Gasteiger partial charge on any atom is 0.312 e. The van der Waals surface area contributed by atoms with Crippen LogP contribution < -0.4 is 0 Å². The molecule has 0 amide bonds. The zero-order valence-corrected chi connectivity index (χ0v) is 14.7. The minimum atomic E-state index is -0.488. The zero-order valence-electron chi connectivity index (χ0n) is 14.7. The van der Waals surface area contributed by atoms with E-state index in [0.717, 1.165) is 31.2 Å². The first-order valence-electron chi connectivity index (χ1n) is 9.19. The summed E-state index contributed by atoms with van der Waals surface area (Å²) in [6, 6.07) is 9.83. The third-order valence-corrected chi connectivity index (χ3v) is 4.98. The van der Waals surface area contributed by atoms with Gasteiger partial charge >= 0.3 is 11.9 Å². The summed E-state index contributed by atoms with van der Waals surface area (Å²) in [5, 5.41) is 0. The van der Waals surface area contributed by atoms with E-state index in [1.165, 1.54) is 0 Å². The fourth-order valence-corrected chi connectivity index (χ4v) is 3.66. The highest BCUT2D eigenvalue weighted by atomic mass is 16.6. The Morgan fingerprint density at radius 3 is 2.56 bits per heavy atom. The van der Waals surface area contributed by atoms with Crippen LogP contribution in [0.2, 0.25) is 0 Å². The zero-order chi connectivity index (χ0) is 17.6. The lowest BCUT2D eigenvalue weighted by Gasteiger charge is -2.31. The van der Waals surface area contributed by atoms with Gasteiger partial charge in [-0.15, -0.1) is 0 Å². The predicted octanol–water partition coefficient (Wildman–Crippen LogP) is 3.05. The first-order chi connectivity index (χ1) is 12.1. The summed E-state index contributed by atoms with van der Waals surface area (Å²) in [5.41, 5.74) is 1.04. The average molecular weight is 346 g/mol. The van der Waals surface area contributed by atoms with E-state index in [0.29, 0.717) is 6.42 Å². The molecule has 1 saturated carbocycles. The molecule has 1 saturated heterocycles. The number of carbonyl (C=O) groups excluding carboxylic acids is 2. The first-order valence-corrected chi connectivity index (χ1v) is 9.19. The molecule has 3 rings (SSSR count). The van der Waals surface area contributed by atoms with Crippen LogP contribution in [0, 0.1) is 5.92 Å². The highest BCUT2D eigenvalue weighted by Gasteiger charge is 2.39. The molecule has 1 aliphatic heterocycles. The molecule has 1 aliphatic carbocycles. The molecule has 5 heteroatoms. The van der Waals surface area contributed by atoms with Gasteiger partial charge in [-0.2, -0.15) is 0 Å². The standard InChI is InChI=1S/C20H26O5/c1-14-19(25-16-9-5-6-10-16)17(13-15-7-3-2-4-8-15)20(22)23-12-11-18(21)24-14/h2-4,7-8,14,16-17,19H,5-6,9-13H2,1H3/t14-,17+,19?/m0/s1. The van der Waals surface area contributed by atoms with Gasteiger partial charge in [-0.25, -0.2) is 0 Å². The molecular weight excluding hydrogens is 320 g/mol. The lowest BCUT2D eigenvalue weighted by molar-refractivity contribution is -0.168. The first kappa shape index (κ1) is 17.9. The van der Waals surface area contributed by atoms with E-state index in [2.05, 4.69) is 0 Å². The van der Waals surface area contributed by atoms with Crippen LogP contribution in [0.25, 0.3) is 0 Å². The summed E-state index contributed by atoms with van der Waals surface area (Å²) in [6.07, 6.45) is 4.01. The fraction of sp³-hybridized carbons (Fsp3) is 0.600. The number of hydrogen-bond donors (Lipinski definition) is 0. The maximum atomic E-state index is 12.7. The molecule has 1 aromatic rings. The van der Waals surface area contributed by atoms with Gasteiger partial charge in [0, 0.05) is 0 Å². The third-order valence-electron chi connectivity index (χ3n) is 4.98. The number of hydrogen-bond acceptors (Lipinski definition) is 5. The quantitative estimate of drug-likeness (QED) is 0.784. The minimum absolute atomic E-state index is 0.0613. The Labute approximate surface area is 148 Å². The summed E-state index contributed by atoms with van der Waals surface area (Å²) in [4.78, 5) is 24.6. The maximum absolute atomic E-state index is 12.7. The van der Waals surface area contributed by atoms with Crippen LogP contribution in [0.4, 0.5) is 0 Å². The van der Waals surface area contributed by atoms with Gasteiger partial charge < -0.3 is 14.2 Å². The van der Waals surface area contributed by atoms with Crippen molar-refractivity contribution in [2.45, 2.75) is 63.8 Å². The highest BCUT2D eigenvalue weighted by molar-refractivity contribution is 5.75. The Morgan fingerprint density at radius 1 is 1.12 bits per heavy atom. The minimum Gasteiger partial charge on any atom is -0.465 e. The van der Waals surface area contributed by atoms with Crippen LogP contribution in [0.15, 0.2) is 30.3 Å². The van der Waals surface area contributed by atoms with Crippen LogP contribution in [-0.2, 0) is 30.2 Å². The van der Waals surface area contributed by atoms with Gasteiger partial charge in [-0.05, 0) is 31.7 Å². The molecule has 0 radical (unpaired) electrons. The van der Waals surface area contributed by atoms with Crippen LogP contribution >= 0.6 is 0 Å². The molecule has 1 unspecified atom stereocenters. The largest absolute Gasteiger partial charge is 0.465 e. The monoisotopic (exact) mass is 346 g/mol. The van der Waals surface area contributed by atoms with E-state index in [-0.39, 0.29) is 31.1 Å². The number of carbonyl (C=O) groups is 2. The normalized spacial score (nSPS) is 28.6. The Bertz CT molecular complexity index is 579. The smallest absolute Gasteiger partial charge is 0.312 e. The van der Waals surface area contributed by atoms with Crippen LogP contribution in [0.1, 0.15) is 44.6 Å². The molecule has 0 spiro atoms. The van der Waals surface area contributed by atoms with Crippen molar-refractivity contribution in [3.05, 3.63) is 35.9 Å². The molecular formula is C20H26O5. The van der Waals surface area contributed by atoms with Crippen LogP contribution in [-0.4, -0.2) is 36.9 Å². The van der Waals surface area contributed by atoms with Gasteiger partial charge in [0.2, 0.25) is 0 Å². The summed E-state index contributed by atoms with van der Waals surface area (Å²) in [5.74, 6) is -1.14. The highest BCUT2D eigenvalue weighted by Crippen LogP contribution is 2.29. The van der Waals surface area contributed by atoms with Gasteiger partial charge in [0.1, 0.15) is 18.8 Å². The van der Waals surface area contributed by atoms with Crippen molar-refractivity contribution in [2.75, 3.05) is 6.61 Å². The Morgan fingerprint density at radius 2 is 1.84 bits per heavy atom. The topological polar surface area (TPSA) is 61.8 Å². The molecule has 136 valence electrons. The lowest BCUT2D eigenvalue weighted by atomic mass is 9.91. The molecule has 0 aromatic heterocycles. The number of benzene rings is 1. The van der Waals surface area contributed by atoms with E-state index < -0.39 is 18.1 Å². The summed E-state index contributed by atoms with van der Waals surface area (Å²) >= 11 is 0. The number of cyclic esters (lactones) is 2. The molecule has 5 nitrogen and oxygen atoms in total. The third kappa shape index (κ3) is 4.82. The van der Waals surface area contributed by atoms with Crippen molar-refractivity contribution < 1.29 is 23.8 Å². The van der Waals surface area contributed by atoms with Gasteiger partial charge in [0.15, 0.2) is 0 Å². The van der Waals surface area contributed by atoms with Crippen molar-refractivity contribution in [1.29, 1.82) is 0 Å². The average Bonchev–Trinajstić information content (AvgIpc) is 3.12. The molecule has 1 aromatic carbocycles. The van der Waals surface area contributed by atoms with Crippen LogP contribution in [0.3, 0.4) is 0 Å². The summed E-state index contributed by atoms with van der Waals surface area (Å²) in [7, 11) is 0. The fourth-order valence-electron chi connectivity index (χ4n) is 3.66. The van der Waals surface area contributed by atoms with Crippen molar-refractivity contribution >= 4 is 11.9 Å². The molecule has 3 atom stereocenters. The predicted molar refractivity (Wildman–Crippen MR) is 91.9 cm³/mol. The second-order valence-corrected chi connectivity index (χ2v) is 6.92. The SMILES string of the molecule is C[C@@H]1OC(=O)CCOC(=O)[C@H](Cc2ccccc2)C1OC1CCCC1. The molecule has 0 bridgehead atoms. The van der Waals surface area contributed by atoms with Gasteiger partial charge in [0.05, 0.1) is 18.4 Å². The Kier molecular flexibility index (Phi) is 6.08. The van der Waals surface area contributed by atoms with Crippen molar-refractivity contribution in [3.8, 4) is 0 Å². The molecule has 25 heavy (non-hydrogen) atoms. The van der Waals surface area contributed by atoms with Gasteiger partial charge in [0.25, 0.3) is 0 Å². The molecule has 0 N–H and O–H groups in total. The van der Waals surface area contributed by atoms with Crippen molar-refractivity contribution in [3.63, 3.8) is 0 Å². The molecule has 2 fully saturated rings. The molecule has 1 heterocycles.